The Labute approximate surface area is 122 Å². The normalized spacial score (nSPS) is 22.3. The molecule has 19 heavy (non-hydrogen) atoms. The smallest absolute Gasteiger partial charge is 0.0317 e. The van der Waals surface area contributed by atoms with Crippen LogP contribution in [0.5, 0.6) is 0 Å². The van der Waals surface area contributed by atoms with E-state index < -0.39 is 0 Å². The van der Waals surface area contributed by atoms with Crippen LogP contribution in [0.3, 0.4) is 0 Å². The van der Waals surface area contributed by atoms with E-state index in [1.807, 2.05) is 6.07 Å². The van der Waals surface area contributed by atoms with Crippen molar-refractivity contribution in [2.75, 3.05) is 18.8 Å². The molecule has 1 saturated heterocycles. The minimum absolute atomic E-state index is 0. The SMILES string of the molecule is Cl.Nc1cccc(CN2CCC3(CCCCC3)C2)c1. The lowest BCUT2D eigenvalue weighted by molar-refractivity contribution is 0.183. The van der Waals surface area contributed by atoms with Gasteiger partial charge in [0.1, 0.15) is 0 Å². The minimum Gasteiger partial charge on any atom is -0.399 e. The quantitative estimate of drug-likeness (QED) is 0.834. The monoisotopic (exact) mass is 280 g/mol. The number of nitrogen functional groups attached to an aromatic ring is 1. The van der Waals surface area contributed by atoms with Crippen molar-refractivity contribution in [2.24, 2.45) is 5.41 Å². The van der Waals surface area contributed by atoms with Crippen molar-refractivity contribution in [3.05, 3.63) is 29.8 Å². The third-order valence-corrected chi connectivity index (χ3v) is 4.79. The van der Waals surface area contributed by atoms with Gasteiger partial charge < -0.3 is 5.73 Å². The van der Waals surface area contributed by atoms with E-state index in [1.54, 1.807) is 0 Å². The van der Waals surface area contributed by atoms with Crippen LogP contribution in [0.4, 0.5) is 5.69 Å². The van der Waals surface area contributed by atoms with Gasteiger partial charge in [-0.3, -0.25) is 4.90 Å². The molecule has 2 aliphatic rings. The lowest BCUT2D eigenvalue weighted by Gasteiger charge is -2.33. The van der Waals surface area contributed by atoms with Crippen molar-refractivity contribution < 1.29 is 0 Å². The van der Waals surface area contributed by atoms with Gasteiger partial charge in [-0.2, -0.15) is 0 Å². The van der Waals surface area contributed by atoms with Gasteiger partial charge >= 0.3 is 0 Å². The molecule has 1 aromatic rings. The predicted octanol–water partition coefficient (Wildman–Crippen LogP) is 3.85. The summed E-state index contributed by atoms with van der Waals surface area (Å²) in [6.45, 7) is 3.66. The zero-order valence-electron chi connectivity index (χ0n) is 11.6. The van der Waals surface area contributed by atoms with Crippen LogP contribution in [0.1, 0.15) is 44.1 Å². The lowest BCUT2D eigenvalue weighted by atomic mass is 9.73. The van der Waals surface area contributed by atoms with E-state index in [4.69, 9.17) is 5.73 Å². The van der Waals surface area contributed by atoms with Gasteiger partial charge in [0.2, 0.25) is 0 Å². The molecule has 3 rings (SSSR count). The van der Waals surface area contributed by atoms with Crippen molar-refractivity contribution in [3.8, 4) is 0 Å². The largest absolute Gasteiger partial charge is 0.399 e. The van der Waals surface area contributed by atoms with Gasteiger partial charge in [-0.05, 0) is 48.9 Å². The molecule has 1 spiro atoms. The fourth-order valence-corrected chi connectivity index (χ4v) is 3.82. The second kappa shape index (κ2) is 6.15. The van der Waals surface area contributed by atoms with Crippen LogP contribution < -0.4 is 5.73 Å². The molecule has 0 atom stereocenters. The van der Waals surface area contributed by atoms with Crippen molar-refractivity contribution >= 4 is 18.1 Å². The Balaban J connectivity index is 0.00000133. The standard InChI is InChI=1S/C16H24N2.ClH/c17-15-6-4-5-14(11-15)12-18-10-9-16(13-18)7-2-1-3-8-16;/h4-6,11H,1-3,7-10,12-13,17H2;1H. The summed E-state index contributed by atoms with van der Waals surface area (Å²) in [5.74, 6) is 0. The molecule has 0 radical (unpaired) electrons. The number of halogens is 1. The minimum atomic E-state index is 0. The number of likely N-dealkylation sites (tertiary alicyclic amines) is 1. The van der Waals surface area contributed by atoms with Crippen LogP contribution in [0.25, 0.3) is 0 Å². The summed E-state index contributed by atoms with van der Waals surface area (Å²) in [5.41, 5.74) is 8.77. The number of nitrogens with zero attached hydrogens (tertiary/aromatic N) is 1. The summed E-state index contributed by atoms with van der Waals surface area (Å²) in [5, 5.41) is 0. The Morgan fingerprint density at radius 3 is 2.63 bits per heavy atom. The number of hydrogen-bond donors (Lipinski definition) is 1. The topological polar surface area (TPSA) is 29.3 Å². The fraction of sp³-hybridized carbons (Fsp3) is 0.625. The Hall–Kier alpha value is -0.730. The summed E-state index contributed by atoms with van der Waals surface area (Å²) in [4.78, 5) is 2.63. The number of nitrogens with two attached hydrogens (primary N) is 1. The van der Waals surface area contributed by atoms with E-state index in [1.165, 1.54) is 57.2 Å². The van der Waals surface area contributed by atoms with Crippen LogP contribution in [-0.4, -0.2) is 18.0 Å². The molecule has 1 aromatic carbocycles. The van der Waals surface area contributed by atoms with E-state index in [-0.39, 0.29) is 12.4 Å². The second-order valence-electron chi connectivity index (χ2n) is 6.27. The number of rotatable bonds is 2. The molecule has 0 unspecified atom stereocenters. The molecule has 2 fully saturated rings. The first-order chi connectivity index (χ1) is 8.76. The number of hydrogen-bond acceptors (Lipinski definition) is 2. The van der Waals surface area contributed by atoms with Crippen LogP contribution in [0.15, 0.2) is 24.3 Å². The fourth-order valence-electron chi connectivity index (χ4n) is 3.82. The van der Waals surface area contributed by atoms with Crippen molar-refractivity contribution in [1.29, 1.82) is 0 Å². The first kappa shape index (κ1) is 14.7. The van der Waals surface area contributed by atoms with Crippen LogP contribution in [0, 0.1) is 5.41 Å². The van der Waals surface area contributed by atoms with Crippen molar-refractivity contribution in [1.82, 2.24) is 4.90 Å². The average Bonchev–Trinajstić information content (AvgIpc) is 2.73. The van der Waals surface area contributed by atoms with Gasteiger partial charge in [0.05, 0.1) is 0 Å². The summed E-state index contributed by atoms with van der Waals surface area (Å²) in [6, 6.07) is 8.35. The predicted molar refractivity (Wildman–Crippen MR) is 83.5 cm³/mol. The highest BCUT2D eigenvalue weighted by atomic mass is 35.5. The third-order valence-electron chi connectivity index (χ3n) is 4.79. The first-order valence-electron chi connectivity index (χ1n) is 7.33. The Morgan fingerprint density at radius 2 is 1.89 bits per heavy atom. The van der Waals surface area contributed by atoms with Gasteiger partial charge in [-0.25, -0.2) is 0 Å². The molecule has 1 saturated carbocycles. The van der Waals surface area contributed by atoms with Crippen LogP contribution in [-0.2, 0) is 6.54 Å². The average molecular weight is 281 g/mol. The van der Waals surface area contributed by atoms with Crippen molar-refractivity contribution in [3.63, 3.8) is 0 Å². The molecule has 0 aromatic heterocycles. The maximum Gasteiger partial charge on any atom is 0.0317 e. The van der Waals surface area contributed by atoms with E-state index in [0.717, 1.165) is 12.2 Å². The summed E-state index contributed by atoms with van der Waals surface area (Å²) in [7, 11) is 0. The van der Waals surface area contributed by atoms with Crippen LogP contribution in [0.2, 0.25) is 0 Å². The van der Waals surface area contributed by atoms with Gasteiger partial charge in [-0.15, -0.1) is 12.4 Å². The second-order valence-corrected chi connectivity index (χ2v) is 6.27. The van der Waals surface area contributed by atoms with Gasteiger partial charge in [0, 0.05) is 18.8 Å². The lowest BCUT2D eigenvalue weighted by Crippen LogP contribution is -2.29. The van der Waals surface area contributed by atoms with Gasteiger partial charge in [0.15, 0.2) is 0 Å². The zero-order chi connectivity index (χ0) is 12.4. The molecule has 1 aliphatic carbocycles. The molecule has 0 bridgehead atoms. The summed E-state index contributed by atoms with van der Waals surface area (Å²) < 4.78 is 0. The van der Waals surface area contributed by atoms with Gasteiger partial charge in [-0.1, -0.05) is 31.4 Å². The maximum absolute atomic E-state index is 5.85. The highest BCUT2D eigenvalue weighted by Crippen LogP contribution is 2.43. The third kappa shape index (κ3) is 3.43. The Bertz CT molecular complexity index is 413. The molecule has 1 heterocycles. The summed E-state index contributed by atoms with van der Waals surface area (Å²) >= 11 is 0. The number of benzene rings is 1. The van der Waals surface area contributed by atoms with Crippen molar-refractivity contribution in [2.45, 2.75) is 45.1 Å². The number of anilines is 1. The first-order valence-corrected chi connectivity index (χ1v) is 7.33. The molecule has 0 amide bonds. The molecular weight excluding hydrogens is 256 g/mol. The molecular formula is C16H25ClN2. The van der Waals surface area contributed by atoms with E-state index >= 15 is 0 Å². The highest BCUT2D eigenvalue weighted by Gasteiger charge is 2.38. The van der Waals surface area contributed by atoms with E-state index in [0.29, 0.717) is 5.41 Å². The molecule has 2 nitrogen and oxygen atoms in total. The summed E-state index contributed by atoms with van der Waals surface area (Å²) in [6.07, 6.45) is 8.69. The maximum atomic E-state index is 5.85. The van der Waals surface area contributed by atoms with E-state index in [9.17, 15) is 0 Å². The highest BCUT2D eigenvalue weighted by molar-refractivity contribution is 5.85. The zero-order valence-corrected chi connectivity index (χ0v) is 12.4. The van der Waals surface area contributed by atoms with Gasteiger partial charge in [0.25, 0.3) is 0 Å². The molecule has 1 aliphatic heterocycles. The Kier molecular flexibility index (Phi) is 4.75. The molecule has 2 N–H and O–H groups in total. The van der Waals surface area contributed by atoms with Crippen LogP contribution >= 0.6 is 12.4 Å². The Morgan fingerprint density at radius 1 is 1.11 bits per heavy atom. The molecule has 106 valence electrons. The molecule has 3 heteroatoms. The van der Waals surface area contributed by atoms with E-state index in [2.05, 4.69) is 23.1 Å².